The molecule has 0 aromatic rings. The average molecular weight is 135 g/mol. The molecule has 0 fully saturated rings. The lowest BCUT2D eigenvalue weighted by atomic mass is 11.1. The highest BCUT2D eigenvalue weighted by molar-refractivity contribution is 7.96. The number of carbonyl (C=O) groups excluding carboxylic acids is 1. The maximum absolute atomic E-state index is 10.4. The molecule has 0 atom stereocenters. The van der Waals surface area contributed by atoms with Crippen LogP contribution in [0.25, 0.3) is 0 Å². The fourth-order valence-electron chi connectivity index (χ4n) is 0.203. The van der Waals surface area contributed by atoms with E-state index in [1.54, 1.807) is 13.3 Å². The molecule has 0 aliphatic rings. The maximum Gasteiger partial charge on any atom is 0.419 e. The number of amides is 1. The molecule has 1 amide bonds. The van der Waals surface area contributed by atoms with Gasteiger partial charge in [-0.3, -0.25) is 4.31 Å². The summed E-state index contributed by atoms with van der Waals surface area (Å²) in [6.45, 7) is 0. The Morgan fingerprint density at radius 3 is 2.38 bits per heavy atom. The topological polar surface area (TPSA) is 29.5 Å². The van der Waals surface area contributed by atoms with Crippen molar-refractivity contribution < 1.29 is 9.53 Å². The standard InChI is InChI=1S/C4H9NO2S/c1-5(8-3)4(6)7-2/h1-3H3. The summed E-state index contributed by atoms with van der Waals surface area (Å²) in [5.74, 6) is 0. The van der Waals surface area contributed by atoms with Gasteiger partial charge < -0.3 is 4.74 Å². The van der Waals surface area contributed by atoms with E-state index in [1.165, 1.54) is 23.4 Å². The van der Waals surface area contributed by atoms with Crippen molar-refractivity contribution in [1.82, 2.24) is 4.31 Å². The van der Waals surface area contributed by atoms with Crippen LogP contribution in [0.4, 0.5) is 4.79 Å². The first kappa shape index (κ1) is 7.62. The minimum atomic E-state index is -0.322. The number of ether oxygens (including phenoxy) is 1. The lowest BCUT2D eigenvalue weighted by Crippen LogP contribution is -2.18. The van der Waals surface area contributed by atoms with E-state index in [0.717, 1.165) is 0 Å². The van der Waals surface area contributed by atoms with Crippen molar-refractivity contribution in [2.24, 2.45) is 0 Å². The summed E-state index contributed by atoms with van der Waals surface area (Å²) in [6.07, 6.45) is 1.48. The van der Waals surface area contributed by atoms with Crippen LogP contribution in [0, 0.1) is 0 Å². The van der Waals surface area contributed by atoms with Crippen molar-refractivity contribution >= 4 is 18.0 Å². The Hall–Kier alpha value is -0.380. The molecule has 48 valence electrons. The zero-order valence-corrected chi connectivity index (χ0v) is 5.99. The van der Waals surface area contributed by atoms with Crippen LogP contribution < -0.4 is 0 Å². The Balaban J connectivity index is 3.46. The Morgan fingerprint density at radius 2 is 2.25 bits per heavy atom. The van der Waals surface area contributed by atoms with Gasteiger partial charge in [0.05, 0.1) is 7.11 Å². The molecular formula is C4H9NO2S. The van der Waals surface area contributed by atoms with E-state index in [1.807, 2.05) is 0 Å². The van der Waals surface area contributed by atoms with Gasteiger partial charge in [0.25, 0.3) is 0 Å². The lowest BCUT2D eigenvalue weighted by Gasteiger charge is -2.09. The normalized spacial score (nSPS) is 8.38. The van der Waals surface area contributed by atoms with Crippen LogP contribution in [0.3, 0.4) is 0 Å². The SMILES string of the molecule is COC(=O)N(C)SC. The van der Waals surface area contributed by atoms with Crippen molar-refractivity contribution in [2.45, 2.75) is 0 Å². The van der Waals surface area contributed by atoms with E-state index in [2.05, 4.69) is 4.74 Å². The number of hydrogen-bond acceptors (Lipinski definition) is 3. The molecule has 0 unspecified atom stereocenters. The van der Waals surface area contributed by atoms with E-state index in [9.17, 15) is 4.79 Å². The van der Waals surface area contributed by atoms with Crippen molar-refractivity contribution in [3.63, 3.8) is 0 Å². The first-order chi connectivity index (χ1) is 3.72. The molecular weight excluding hydrogens is 126 g/mol. The largest absolute Gasteiger partial charge is 0.452 e. The van der Waals surface area contributed by atoms with Crippen LogP contribution in [0.15, 0.2) is 0 Å². The highest BCUT2D eigenvalue weighted by Gasteiger charge is 2.03. The summed E-state index contributed by atoms with van der Waals surface area (Å²) in [6, 6.07) is 0. The van der Waals surface area contributed by atoms with E-state index >= 15 is 0 Å². The predicted octanol–water partition coefficient (Wildman–Crippen LogP) is 0.963. The molecule has 0 saturated carbocycles. The summed E-state index contributed by atoms with van der Waals surface area (Å²) < 4.78 is 5.77. The van der Waals surface area contributed by atoms with Gasteiger partial charge in [0.1, 0.15) is 0 Å². The molecule has 0 aliphatic carbocycles. The third kappa shape index (κ3) is 2.07. The summed E-state index contributed by atoms with van der Waals surface area (Å²) in [4.78, 5) is 10.4. The third-order valence-electron chi connectivity index (χ3n) is 0.706. The zero-order valence-electron chi connectivity index (χ0n) is 5.17. The molecule has 3 nitrogen and oxygen atoms in total. The van der Waals surface area contributed by atoms with Gasteiger partial charge in [-0.2, -0.15) is 0 Å². The smallest absolute Gasteiger partial charge is 0.419 e. The number of rotatable bonds is 1. The Bertz CT molecular complexity index is 86.1. The number of methoxy groups -OCH3 is 1. The van der Waals surface area contributed by atoms with Gasteiger partial charge in [0, 0.05) is 13.3 Å². The van der Waals surface area contributed by atoms with E-state index in [0.29, 0.717) is 0 Å². The summed E-state index contributed by atoms with van der Waals surface area (Å²) in [7, 11) is 3.01. The molecule has 0 aliphatic heterocycles. The summed E-state index contributed by atoms with van der Waals surface area (Å²) in [5.41, 5.74) is 0. The van der Waals surface area contributed by atoms with Crippen LogP contribution in [0.5, 0.6) is 0 Å². The minimum absolute atomic E-state index is 0.322. The van der Waals surface area contributed by atoms with Gasteiger partial charge in [-0.05, 0) is 11.9 Å². The van der Waals surface area contributed by atoms with Crippen LogP contribution >= 0.6 is 11.9 Å². The number of carbonyl (C=O) groups is 1. The zero-order chi connectivity index (χ0) is 6.57. The quantitative estimate of drug-likeness (QED) is 0.501. The van der Waals surface area contributed by atoms with Crippen LogP contribution in [0.1, 0.15) is 0 Å². The first-order valence-corrected chi connectivity index (χ1v) is 3.26. The van der Waals surface area contributed by atoms with Crippen molar-refractivity contribution in [3.8, 4) is 0 Å². The molecule has 4 heteroatoms. The van der Waals surface area contributed by atoms with Crippen molar-refractivity contribution in [2.75, 3.05) is 20.4 Å². The molecule has 0 heterocycles. The Morgan fingerprint density at radius 1 is 1.75 bits per heavy atom. The van der Waals surface area contributed by atoms with Crippen LogP contribution in [-0.4, -0.2) is 30.8 Å². The fourth-order valence-corrected chi connectivity index (χ4v) is 0.427. The minimum Gasteiger partial charge on any atom is -0.452 e. The van der Waals surface area contributed by atoms with E-state index < -0.39 is 0 Å². The van der Waals surface area contributed by atoms with Crippen molar-refractivity contribution in [1.29, 1.82) is 0 Å². The van der Waals surface area contributed by atoms with E-state index in [-0.39, 0.29) is 6.09 Å². The van der Waals surface area contributed by atoms with Gasteiger partial charge in [-0.1, -0.05) is 0 Å². The molecule has 0 aromatic carbocycles. The second kappa shape index (κ2) is 3.60. The molecule has 0 saturated heterocycles. The third-order valence-corrected chi connectivity index (χ3v) is 1.40. The van der Waals surface area contributed by atoms with Crippen LogP contribution in [0.2, 0.25) is 0 Å². The summed E-state index contributed by atoms with van der Waals surface area (Å²) >= 11 is 1.32. The molecule has 0 N–H and O–H groups in total. The number of hydrogen-bond donors (Lipinski definition) is 0. The second-order valence-corrected chi connectivity index (χ2v) is 2.06. The average Bonchev–Trinajstić information content (AvgIpc) is 1.84. The Labute approximate surface area is 53.1 Å². The fraction of sp³-hybridized carbons (Fsp3) is 0.750. The van der Waals surface area contributed by atoms with Gasteiger partial charge in [-0.15, -0.1) is 0 Å². The summed E-state index contributed by atoms with van der Waals surface area (Å²) in [5, 5.41) is 0. The number of nitrogens with zero attached hydrogens (tertiary/aromatic N) is 1. The van der Waals surface area contributed by atoms with Crippen LogP contribution in [-0.2, 0) is 4.74 Å². The molecule has 0 rings (SSSR count). The Kier molecular flexibility index (Phi) is 3.43. The molecule has 0 bridgehead atoms. The van der Waals surface area contributed by atoms with Gasteiger partial charge in [-0.25, -0.2) is 4.79 Å². The van der Waals surface area contributed by atoms with Gasteiger partial charge in [0.2, 0.25) is 0 Å². The van der Waals surface area contributed by atoms with Gasteiger partial charge >= 0.3 is 6.09 Å². The van der Waals surface area contributed by atoms with Gasteiger partial charge in [0.15, 0.2) is 0 Å². The highest BCUT2D eigenvalue weighted by Crippen LogP contribution is 2.00. The molecule has 0 radical (unpaired) electrons. The van der Waals surface area contributed by atoms with Crippen molar-refractivity contribution in [3.05, 3.63) is 0 Å². The molecule has 0 aromatic heterocycles. The highest BCUT2D eigenvalue weighted by atomic mass is 32.2. The monoisotopic (exact) mass is 135 g/mol. The maximum atomic E-state index is 10.4. The molecule has 0 spiro atoms. The molecule has 8 heavy (non-hydrogen) atoms. The predicted molar refractivity (Wildman–Crippen MR) is 33.7 cm³/mol. The van der Waals surface area contributed by atoms with E-state index in [4.69, 9.17) is 0 Å². The lowest BCUT2D eigenvalue weighted by molar-refractivity contribution is 0.157. The first-order valence-electron chi connectivity index (χ1n) is 2.08. The second-order valence-electron chi connectivity index (χ2n) is 1.15.